The number of fused-ring (bicyclic) bond motifs is 2. The molecule has 1 aromatic heterocycles. The molecule has 2 aliphatic rings. The number of carbonyl (C=O) groups excluding carboxylic acids is 2. The van der Waals surface area contributed by atoms with Crippen molar-refractivity contribution < 1.29 is 19.1 Å². The number of hydrogen-bond acceptors (Lipinski definition) is 5. The second-order valence-corrected chi connectivity index (χ2v) is 6.49. The Balaban J connectivity index is 1.51. The molecule has 0 bridgehead atoms. The van der Waals surface area contributed by atoms with Gasteiger partial charge in [-0.1, -0.05) is 11.5 Å². The highest BCUT2D eigenvalue weighted by molar-refractivity contribution is 6.32. The molecular weight excluding hydrogens is 333 g/mol. The van der Waals surface area contributed by atoms with Gasteiger partial charge in [-0.2, -0.15) is 0 Å². The Morgan fingerprint density at radius 2 is 2.12 bits per heavy atom. The maximum Gasteiger partial charge on any atom is 0.266 e. The van der Waals surface area contributed by atoms with Crippen LogP contribution in [0.2, 0.25) is 0 Å². The maximum absolute atomic E-state index is 12.8. The van der Waals surface area contributed by atoms with Gasteiger partial charge in [-0.25, -0.2) is 4.98 Å². The standard InChI is InChI=1S/C18H18BN3O4/c1-25-14-3-2-11-7-21(8-12(11)4-14)16(23)9-22-17(24)10-26-15-5-13(19)6-20-18(15)22/h2-6H,7-10,19H2,1H3. The van der Waals surface area contributed by atoms with E-state index in [1.807, 2.05) is 32.1 Å². The minimum Gasteiger partial charge on any atom is -0.497 e. The molecule has 7 nitrogen and oxygen atoms in total. The van der Waals surface area contributed by atoms with Gasteiger partial charge in [0.15, 0.2) is 18.2 Å². The smallest absolute Gasteiger partial charge is 0.266 e. The van der Waals surface area contributed by atoms with Gasteiger partial charge >= 0.3 is 0 Å². The lowest BCUT2D eigenvalue weighted by Crippen LogP contribution is -2.46. The molecule has 0 saturated heterocycles. The third kappa shape index (κ3) is 2.87. The van der Waals surface area contributed by atoms with E-state index in [1.165, 1.54) is 4.90 Å². The Bertz CT molecular complexity index is 902. The lowest BCUT2D eigenvalue weighted by atomic mass is 9.98. The van der Waals surface area contributed by atoms with E-state index >= 15 is 0 Å². The number of nitrogens with zero attached hydrogens (tertiary/aromatic N) is 3. The maximum atomic E-state index is 12.8. The molecule has 2 aromatic rings. The zero-order valence-electron chi connectivity index (χ0n) is 14.7. The summed E-state index contributed by atoms with van der Waals surface area (Å²) in [6.07, 6.45) is 1.66. The molecule has 2 aliphatic heterocycles. The number of carbonyl (C=O) groups is 2. The topological polar surface area (TPSA) is 72.0 Å². The van der Waals surface area contributed by atoms with Crippen molar-refractivity contribution in [2.24, 2.45) is 0 Å². The zero-order valence-corrected chi connectivity index (χ0v) is 14.7. The summed E-state index contributed by atoms with van der Waals surface area (Å²) in [6.45, 7) is 0.919. The van der Waals surface area contributed by atoms with E-state index in [1.54, 1.807) is 18.2 Å². The van der Waals surface area contributed by atoms with Crippen molar-refractivity contribution in [3.63, 3.8) is 0 Å². The lowest BCUT2D eigenvalue weighted by Gasteiger charge is -2.29. The van der Waals surface area contributed by atoms with Gasteiger partial charge in [0.2, 0.25) is 5.91 Å². The first kappa shape index (κ1) is 16.4. The van der Waals surface area contributed by atoms with Gasteiger partial charge in [0.05, 0.1) is 7.11 Å². The fourth-order valence-corrected chi connectivity index (χ4v) is 3.25. The number of amides is 2. The quantitative estimate of drug-likeness (QED) is 0.705. The van der Waals surface area contributed by atoms with Crippen molar-refractivity contribution in [2.45, 2.75) is 13.1 Å². The highest BCUT2D eigenvalue weighted by Gasteiger charge is 2.32. The van der Waals surface area contributed by atoms with Crippen LogP contribution in [0.1, 0.15) is 11.1 Å². The molecule has 0 N–H and O–H groups in total. The van der Waals surface area contributed by atoms with Gasteiger partial charge in [-0.15, -0.1) is 0 Å². The molecule has 0 saturated carbocycles. The van der Waals surface area contributed by atoms with Crippen LogP contribution in [0.4, 0.5) is 5.82 Å². The van der Waals surface area contributed by atoms with E-state index in [4.69, 9.17) is 9.47 Å². The van der Waals surface area contributed by atoms with Gasteiger partial charge in [0, 0.05) is 19.3 Å². The van der Waals surface area contributed by atoms with Crippen molar-refractivity contribution in [1.82, 2.24) is 9.88 Å². The third-order valence-electron chi connectivity index (χ3n) is 4.66. The molecule has 0 atom stereocenters. The van der Waals surface area contributed by atoms with Crippen LogP contribution >= 0.6 is 0 Å². The van der Waals surface area contributed by atoms with Crippen molar-refractivity contribution in [1.29, 1.82) is 0 Å². The summed E-state index contributed by atoms with van der Waals surface area (Å²) in [5.74, 6) is 1.32. The van der Waals surface area contributed by atoms with E-state index in [9.17, 15) is 9.59 Å². The predicted molar refractivity (Wildman–Crippen MR) is 97.5 cm³/mol. The molecule has 0 radical (unpaired) electrons. The van der Waals surface area contributed by atoms with Crippen LogP contribution in [0.15, 0.2) is 30.5 Å². The molecule has 3 heterocycles. The second-order valence-electron chi connectivity index (χ2n) is 6.49. The van der Waals surface area contributed by atoms with Gasteiger partial charge in [0.1, 0.15) is 20.1 Å². The minimum atomic E-state index is -0.263. The highest BCUT2D eigenvalue weighted by atomic mass is 16.5. The predicted octanol–water partition coefficient (Wildman–Crippen LogP) is -0.384. The Morgan fingerprint density at radius 1 is 1.31 bits per heavy atom. The van der Waals surface area contributed by atoms with Gasteiger partial charge in [0.25, 0.3) is 5.91 Å². The van der Waals surface area contributed by atoms with Crippen molar-refractivity contribution in [3.8, 4) is 11.5 Å². The number of rotatable bonds is 3. The van der Waals surface area contributed by atoms with Crippen LogP contribution in [0.25, 0.3) is 0 Å². The average molecular weight is 351 g/mol. The van der Waals surface area contributed by atoms with Crippen molar-refractivity contribution in [3.05, 3.63) is 41.6 Å². The molecule has 0 unspecified atom stereocenters. The Morgan fingerprint density at radius 3 is 2.92 bits per heavy atom. The molecule has 4 rings (SSSR count). The molecule has 1 aromatic carbocycles. The zero-order chi connectivity index (χ0) is 18.3. The van der Waals surface area contributed by atoms with E-state index in [0.717, 1.165) is 22.3 Å². The summed E-state index contributed by atoms with van der Waals surface area (Å²) in [5, 5.41) is 0. The number of pyridine rings is 1. The van der Waals surface area contributed by atoms with E-state index < -0.39 is 0 Å². The summed E-state index contributed by atoms with van der Waals surface area (Å²) >= 11 is 0. The molecule has 26 heavy (non-hydrogen) atoms. The Kier molecular flexibility index (Phi) is 4.03. The second kappa shape index (κ2) is 6.36. The fraction of sp³-hybridized carbons (Fsp3) is 0.278. The number of methoxy groups -OCH3 is 1. The van der Waals surface area contributed by atoms with E-state index in [0.29, 0.717) is 24.7 Å². The minimum absolute atomic E-state index is 0.0453. The summed E-state index contributed by atoms with van der Waals surface area (Å²) in [6, 6.07) is 7.63. The fourth-order valence-electron chi connectivity index (χ4n) is 3.25. The van der Waals surface area contributed by atoms with Crippen LogP contribution in [-0.2, 0) is 22.7 Å². The Labute approximate surface area is 151 Å². The third-order valence-corrected chi connectivity index (χ3v) is 4.66. The SMILES string of the molecule is Bc1cnc2c(c1)OCC(=O)N2CC(=O)N1Cc2ccc(OC)cc2C1. The summed E-state index contributed by atoms with van der Waals surface area (Å²) in [7, 11) is 3.52. The van der Waals surface area contributed by atoms with E-state index in [-0.39, 0.29) is 25.0 Å². The van der Waals surface area contributed by atoms with Crippen LogP contribution in [0, 0.1) is 0 Å². The average Bonchev–Trinajstić information content (AvgIpc) is 3.07. The monoisotopic (exact) mass is 351 g/mol. The largest absolute Gasteiger partial charge is 0.497 e. The van der Waals surface area contributed by atoms with Gasteiger partial charge < -0.3 is 14.4 Å². The lowest BCUT2D eigenvalue weighted by molar-refractivity contribution is -0.132. The molecule has 0 spiro atoms. The summed E-state index contributed by atoms with van der Waals surface area (Å²) in [4.78, 5) is 32.5. The molecule has 0 fully saturated rings. The molecule has 8 heteroatoms. The van der Waals surface area contributed by atoms with Crippen molar-refractivity contribution >= 4 is 30.9 Å². The van der Waals surface area contributed by atoms with Gasteiger partial charge in [-0.3, -0.25) is 14.5 Å². The van der Waals surface area contributed by atoms with Gasteiger partial charge in [-0.05, 0) is 29.3 Å². The van der Waals surface area contributed by atoms with Crippen LogP contribution in [-0.4, -0.2) is 49.8 Å². The summed E-state index contributed by atoms with van der Waals surface area (Å²) < 4.78 is 10.7. The number of ether oxygens (including phenoxy) is 2. The molecular formula is C18H18BN3O4. The first-order valence-electron chi connectivity index (χ1n) is 8.38. The summed E-state index contributed by atoms with van der Waals surface area (Å²) in [5.41, 5.74) is 3.11. The Hall–Kier alpha value is -3.03. The number of aromatic nitrogens is 1. The van der Waals surface area contributed by atoms with Crippen LogP contribution < -0.4 is 19.8 Å². The first-order valence-corrected chi connectivity index (χ1v) is 8.38. The molecule has 0 aliphatic carbocycles. The first-order chi connectivity index (χ1) is 12.5. The van der Waals surface area contributed by atoms with Crippen molar-refractivity contribution in [2.75, 3.05) is 25.2 Å². The normalized spacial score (nSPS) is 15.3. The number of anilines is 1. The van der Waals surface area contributed by atoms with Crippen LogP contribution in [0.5, 0.6) is 11.5 Å². The molecule has 132 valence electrons. The number of benzene rings is 1. The number of hydrogen-bond donors (Lipinski definition) is 0. The van der Waals surface area contributed by atoms with Crippen LogP contribution in [0.3, 0.4) is 0 Å². The molecule has 2 amide bonds. The highest BCUT2D eigenvalue weighted by Crippen LogP contribution is 2.30. The van der Waals surface area contributed by atoms with E-state index in [2.05, 4.69) is 4.98 Å².